The molecule has 0 radical (unpaired) electrons. The van der Waals surface area contributed by atoms with Crippen LogP contribution in [-0.2, 0) is 21.6 Å². The molecule has 4 rings (SSSR count). The van der Waals surface area contributed by atoms with Crippen molar-refractivity contribution in [2.45, 2.75) is 42.4 Å². The molecule has 1 aliphatic rings. The number of rotatable bonds is 6. The van der Waals surface area contributed by atoms with E-state index in [0.29, 0.717) is 22.5 Å². The number of ether oxygens (including phenoxy) is 1. The Balaban J connectivity index is 1.90. The topological polar surface area (TPSA) is 92.3 Å². The number of nitrogens with zero attached hydrogens (tertiary/aromatic N) is 1. The summed E-state index contributed by atoms with van der Waals surface area (Å²) in [4.78, 5) is 6.45. The number of H-pyrrole nitrogens is 1. The van der Waals surface area contributed by atoms with Crippen LogP contribution in [0.3, 0.4) is 0 Å². The number of sulfone groups is 1. The minimum absolute atomic E-state index is 0.0253. The van der Waals surface area contributed by atoms with E-state index in [-0.39, 0.29) is 17.9 Å². The van der Waals surface area contributed by atoms with Crippen LogP contribution in [0, 0.1) is 5.92 Å². The summed E-state index contributed by atoms with van der Waals surface area (Å²) in [6.45, 7) is 0. The summed E-state index contributed by atoms with van der Waals surface area (Å²) in [5.41, 5.74) is -2.35. The minimum Gasteiger partial charge on any atom is -0.495 e. The van der Waals surface area contributed by atoms with Gasteiger partial charge in [0.1, 0.15) is 17.0 Å². The molecular weight excluding hydrogens is 445 g/mol. The average molecular weight is 468 g/mol. The smallest absolute Gasteiger partial charge is 0.417 e. The van der Waals surface area contributed by atoms with Gasteiger partial charge >= 0.3 is 6.18 Å². The molecule has 3 aromatic rings. The third-order valence-corrected chi connectivity index (χ3v) is 7.25. The number of fused-ring (bicyclic) bond motifs is 1. The van der Waals surface area contributed by atoms with Gasteiger partial charge in [0.25, 0.3) is 0 Å². The number of pyridine rings is 1. The number of aliphatic hydroxyl groups is 1. The lowest BCUT2D eigenvalue weighted by molar-refractivity contribution is -0.140. The van der Waals surface area contributed by atoms with Crippen molar-refractivity contribution in [2.75, 3.05) is 13.4 Å². The van der Waals surface area contributed by atoms with Crippen LogP contribution in [0.5, 0.6) is 5.75 Å². The summed E-state index contributed by atoms with van der Waals surface area (Å²) in [5.74, 6) is 0.639. The molecule has 1 aliphatic carbocycles. The van der Waals surface area contributed by atoms with Gasteiger partial charge in [-0.05, 0) is 42.2 Å². The van der Waals surface area contributed by atoms with E-state index in [9.17, 15) is 26.7 Å². The highest BCUT2D eigenvalue weighted by atomic mass is 32.2. The van der Waals surface area contributed by atoms with Gasteiger partial charge in [-0.2, -0.15) is 13.2 Å². The van der Waals surface area contributed by atoms with Crippen molar-refractivity contribution in [2.24, 2.45) is 5.92 Å². The number of aromatic nitrogens is 2. The molecular formula is C22H23F3N2O4S. The van der Waals surface area contributed by atoms with E-state index in [1.807, 2.05) is 0 Å². The molecule has 10 heteroatoms. The van der Waals surface area contributed by atoms with Crippen molar-refractivity contribution in [1.82, 2.24) is 9.97 Å². The van der Waals surface area contributed by atoms with Gasteiger partial charge < -0.3 is 14.8 Å². The monoisotopic (exact) mass is 468 g/mol. The molecule has 2 N–H and O–H groups in total. The van der Waals surface area contributed by atoms with Gasteiger partial charge in [0.05, 0.1) is 29.5 Å². The van der Waals surface area contributed by atoms with E-state index in [1.54, 1.807) is 12.1 Å². The number of halogens is 3. The van der Waals surface area contributed by atoms with Gasteiger partial charge in [0, 0.05) is 11.6 Å². The van der Waals surface area contributed by atoms with E-state index in [4.69, 9.17) is 4.74 Å². The SMILES string of the molecule is COc1cnc2[nH]c(C(O)(CC3CCC3)c3ccc(S(C)(=O)=O)c(C(F)(F)F)c3)cc2c1. The lowest BCUT2D eigenvalue weighted by Crippen LogP contribution is -2.33. The Kier molecular flexibility index (Phi) is 5.49. The molecule has 1 saturated carbocycles. The van der Waals surface area contributed by atoms with Gasteiger partial charge in [-0.3, -0.25) is 0 Å². The fourth-order valence-electron chi connectivity index (χ4n) is 4.16. The number of alkyl halides is 3. The van der Waals surface area contributed by atoms with Gasteiger partial charge in [-0.15, -0.1) is 0 Å². The maximum absolute atomic E-state index is 13.8. The highest BCUT2D eigenvalue weighted by Crippen LogP contribution is 2.44. The Hall–Kier alpha value is -2.59. The standard InChI is InChI=1S/C22H23F3N2O4S/c1-31-16-8-14-9-19(27-20(14)26-12-16)21(28,11-13-4-3-5-13)15-6-7-18(32(2,29)30)17(10-15)22(23,24)25/h6-10,12-13,28H,3-5,11H2,1-2H3,(H,26,27). The predicted octanol–water partition coefficient (Wildman–Crippen LogP) is 4.42. The number of hydrogen-bond acceptors (Lipinski definition) is 5. The molecule has 0 spiro atoms. The largest absolute Gasteiger partial charge is 0.495 e. The quantitative estimate of drug-likeness (QED) is 0.559. The molecule has 0 saturated heterocycles. The number of methoxy groups -OCH3 is 1. The Labute approximate surface area is 183 Å². The minimum atomic E-state index is -4.90. The fraction of sp³-hybridized carbons (Fsp3) is 0.409. The van der Waals surface area contributed by atoms with Crippen molar-refractivity contribution in [3.8, 4) is 5.75 Å². The number of hydrogen-bond donors (Lipinski definition) is 2. The van der Waals surface area contributed by atoms with E-state index >= 15 is 0 Å². The van der Waals surface area contributed by atoms with Crippen molar-refractivity contribution >= 4 is 20.9 Å². The van der Waals surface area contributed by atoms with E-state index < -0.39 is 32.1 Å². The summed E-state index contributed by atoms with van der Waals surface area (Å²) in [5, 5.41) is 12.4. The first-order valence-corrected chi connectivity index (χ1v) is 12.0. The van der Waals surface area contributed by atoms with Gasteiger partial charge in [-0.1, -0.05) is 25.3 Å². The van der Waals surface area contributed by atoms with Crippen LogP contribution in [0.2, 0.25) is 0 Å². The van der Waals surface area contributed by atoms with Crippen LogP contribution < -0.4 is 4.74 Å². The lowest BCUT2D eigenvalue weighted by atomic mass is 9.73. The van der Waals surface area contributed by atoms with E-state index in [2.05, 4.69) is 9.97 Å². The molecule has 1 unspecified atom stereocenters. The molecule has 1 fully saturated rings. The zero-order chi connectivity index (χ0) is 23.3. The molecule has 0 bridgehead atoms. The third kappa shape index (κ3) is 4.09. The van der Waals surface area contributed by atoms with E-state index in [0.717, 1.165) is 37.7 Å². The summed E-state index contributed by atoms with van der Waals surface area (Å²) in [7, 11) is -2.63. The highest BCUT2D eigenvalue weighted by molar-refractivity contribution is 7.90. The highest BCUT2D eigenvalue weighted by Gasteiger charge is 2.42. The maximum Gasteiger partial charge on any atom is 0.417 e. The van der Waals surface area contributed by atoms with Gasteiger partial charge in [0.2, 0.25) is 0 Å². The second-order valence-corrected chi connectivity index (χ2v) is 10.3. The second kappa shape index (κ2) is 7.77. The molecule has 1 atom stereocenters. The predicted molar refractivity (Wildman–Crippen MR) is 112 cm³/mol. The zero-order valence-corrected chi connectivity index (χ0v) is 18.3. The van der Waals surface area contributed by atoms with Crippen LogP contribution in [0.25, 0.3) is 11.0 Å². The first-order valence-electron chi connectivity index (χ1n) is 10.1. The molecule has 172 valence electrons. The van der Waals surface area contributed by atoms with Crippen LogP contribution in [0.1, 0.15) is 42.5 Å². The lowest BCUT2D eigenvalue weighted by Gasteiger charge is -2.36. The van der Waals surface area contributed by atoms with Gasteiger partial charge in [-0.25, -0.2) is 13.4 Å². The van der Waals surface area contributed by atoms with Crippen molar-refractivity contribution in [3.63, 3.8) is 0 Å². The summed E-state index contributed by atoms with van der Waals surface area (Å²) >= 11 is 0. The van der Waals surface area contributed by atoms with Crippen molar-refractivity contribution in [3.05, 3.63) is 53.3 Å². The maximum atomic E-state index is 13.8. The van der Waals surface area contributed by atoms with Crippen LogP contribution in [0.15, 0.2) is 41.4 Å². The fourth-order valence-corrected chi connectivity index (χ4v) is 5.05. The second-order valence-electron chi connectivity index (χ2n) is 8.34. The first kappa shape index (κ1) is 22.6. The Bertz CT molecular complexity index is 1270. The summed E-state index contributed by atoms with van der Waals surface area (Å²) < 4.78 is 70.4. The molecule has 2 heterocycles. The first-order chi connectivity index (χ1) is 14.9. The average Bonchev–Trinajstić information content (AvgIpc) is 3.12. The molecule has 6 nitrogen and oxygen atoms in total. The molecule has 2 aromatic heterocycles. The van der Waals surface area contributed by atoms with Crippen LogP contribution in [0.4, 0.5) is 13.2 Å². The van der Waals surface area contributed by atoms with Gasteiger partial charge in [0.15, 0.2) is 9.84 Å². The normalized spacial score (nSPS) is 17.2. The molecule has 1 aromatic carbocycles. The zero-order valence-electron chi connectivity index (χ0n) is 17.5. The van der Waals surface area contributed by atoms with Crippen LogP contribution >= 0.6 is 0 Å². The molecule has 32 heavy (non-hydrogen) atoms. The summed E-state index contributed by atoms with van der Waals surface area (Å²) in [6, 6.07) is 6.27. The van der Waals surface area contributed by atoms with Crippen molar-refractivity contribution < 1.29 is 31.4 Å². The Morgan fingerprint density at radius 2 is 1.94 bits per heavy atom. The van der Waals surface area contributed by atoms with E-state index in [1.165, 1.54) is 19.4 Å². The third-order valence-electron chi connectivity index (χ3n) is 6.10. The molecule has 0 amide bonds. The number of aromatic amines is 1. The Morgan fingerprint density at radius 3 is 2.50 bits per heavy atom. The van der Waals surface area contributed by atoms with Crippen LogP contribution in [-0.4, -0.2) is 36.9 Å². The number of benzene rings is 1. The molecule has 0 aliphatic heterocycles. The summed E-state index contributed by atoms with van der Waals surface area (Å²) in [6.07, 6.45) is 0.246. The van der Waals surface area contributed by atoms with Crippen molar-refractivity contribution in [1.29, 1.82) is 0 Å². The Morgan fingerprint density at radius 1 is 1.22 bits per heavy atom. The number of nitrogens with one attached hydrogen (secondary N) is 1.